The summed E-state index contributed by atoms with van der Waals surface area (Å²) in [5, 5.41) is 47.4. The van der Waals surface area contributed by atoms with Gasteiger partial charge in [-0.15, -0.1) is 0 Å². The Balaban J connectivity index is 1.04. The third-order valence-electron chi connectivity index (χ3n) is 10.3. The summed E-state index contributed by atoms with van der Waals surface area (Å²) in [6, 6.07) is 45.7. The van der Waals surface area contributed by atoms with Gasteiger partial charge in [0.25, 0.3) is 0 Å². The quantitative estimate of drug-likeness (QED) is 0.0518. The third kappa shape index (κ3) is 8.56. The van der Waals surface area contributed by atoms with Gasteiger partial charge in [-0.2, -0.15) is 0 Å². The van der Waals surface area contributed by atoms with Crippen molar-refractivity contribution in [2.75, 3.05) is 13.1 Å². The highest BCUT2D eigenvalue weighted by atomic mass is 16.4. The third-order valence-corrected chi connectivity index (χ3v) is 10.3. The Morgan fingerprint density at radius 1 is 0.423 bits per heavy atom. The molecule has 0 aliphatic carbocycles. The molecule has 0 aliphatic rings. The monoisotopic (exact) mass is 688 g/mol. The van der Waals surface area contributed by atoms with Crippen molar-refractivity contribution in [1.29, 1.82) is 0 Å². The van der Waals surface area contributed by atoms with Crippen molar-refractivity contribution in [2.24, 2.45) is 0 Å². The molecule has 7 aromatic carbocycles. The number of hydrogen-bond donors (Lipinski definition) is 4. The lowest BCUT2D eigenvalue weighted by atomic mass is 9.77. The van der Waals surface area contributed by atoms with Gasteiger partial charge in [-0.05, 0) is 91.4 Å². The molecule has 0 atom stereocenters. The van der Waals surface area contributed by atoms with Gasteiger partial charge in [-0.3, -0.25) is 9.80 Å². The Kier molecular flexibility index (Phi) is 11.6. The molecule has 0 bridgehead atoms. The molecule has 262 valence electrons. The molecule has 0 fully saturated rings. The van der Waals surface area contributed by atoms with Crippen LogP contribution in [-0.2, 0) is 26.2 Å². The van der Waals surface area contributed by atoms with E-state index in [0.29, 0.717) is 17.5 Å². The number of rotatable bonds is 17. The molecule has 7 aromatic rings. The van der Waals surface area contributed by atoms with Crippen molar-refractivity contribution in [3.8, 4) is 0 Å². The fraction of sp³-hybridized carbons (Fsp3) is 0.227. The molecule has 4 N–H and O–H groups in total. The first kappa shape index (κ1) is 35.9. The van der Waals surface area contributed by atoms with Gasteiger partial charge >= 0.3 is 14.2 Å². The minimum Gasteiger partial charge on any atom is -0.423 e. The predicted molar refractivity (Wildman–Crippen MR) is 216 cm³/mol. The fourth-order valence-corrected chi connectivity index (χ4v) is 7.75. The summed E-state index contributed by atoms with van der Waals surface area (Å²) in [6.07, 6.45) is 4.28. The van der Waals surface area contributed by atoms with Gasteiger partial charge in [0.2, 0.25) is 0 Å². The summed E-state index contributed by atoms with van der Waals surface area (Å²) < 4.78 is 0. The second kappa shape index (κ2) is 16.9. The van der Waals surface area contributed by atoms with Crippen LogP contribution in [0, 0.1) is 0 Å². The Hall–Kier alpha value is -4.53. The number of unbranched alkanes of at least 4 members (excludes halogenated alkanes) is 3. The molecule has 0 aromatic heterocycles. The van der Waals surface area contributed by atoms with Gasteiger partial charge in [0.1, 0.15) is 0 Å². The number of nitrogens with zero attached hydrogens (tertiary/aromatic N) is 2. The Morgan fingerprint density at radius 2 is 1.00 bits per heavy atom. The molecule has 0 saturated carbocycles. The first-order valence-electron chi connectivity index (χ1n) is 18.5. The summed E-state index contributed by atoms with van der Waals surface area (Å²) >= 11 is 0. The van der Waals surface area contributed by atoms with Crippen molar-refractivity contribution in [3.05, 3.63) is 156 Å². The molecule has 8 heteroatoms. The summed E-state index contributed by atoms with van der Waals surface area (Å²) in [6.45, 7) is 4.78. The van der Waals surface area contributed by atoms with Crippen LogP contribution in [0.1, 0.15) is 47.9 Å². The van der Waals surface area contributed by atoms with Crippen molar-refractivity contribution in [1.82, 2.24) is 9.80 Å². The largest absolute Gasteiger partial charge is 0.488 e. The van der Waals surface area contributed by atoms with Crippen LogP contribution in [0.5, 0.6) is 0 Å². The van der Waals surface area contributed by atoms with E-state index in [4.69, 9.17) is 0 Å². The van der Waals surface area contributed by atoms with Crippen LogP contribution in [0.25, 0.3) is 32.3 Å². The molecule has 0 amide bonds. The Labute approximate surface area is 307 Å². The summed E-state index contributed by atoms with van der Waals surface area (Å²) in [5.41, 5.74) is 5.61. The van der Waals surface area contributed by atoms with E-state index in [0.717, 1.165) is 69.5 Å². The SMILES string of the molecule is OB(O)c1cccc(CN(CCCCCCN(Cc2ccccc2B(O)O)Cc2ccc3ccc4cccc5ccc2c3c45)Cc2ccccc2)c1. The van der Waals surface area contributed by atoms with E-state index in [9.17, 15) is 20.1 Å². The van der Waals surface area contributed by atoms with E-state index in [1.54, 1.807) is 12.1 Å². The fourth-order valence-electron chi connectivity index (χ4n) is 7.75. The summed E-state index contributed by atoms with van der Waals surface area (Å²) in [4.78, 5) is 4.90. The summed E-state index contributed by atoms with van der Waals surface area (Å²) in [7, 11) is -2.99. The molecule has 0 saturated heterocycles. The van der Waals surface area contributed by atoms with Gasteiger partial charge in [0, 0.05) is 26.2 Å². The molecule has 0 spiro atoms. The molecular weight excluding hydrogens is 642 g/mol. The molecule has 0 heterocycles. The minimum atomic E-state index is -1.51. The van der Waals surface area contributed by atoms with Crippen LogP contribution >= 0.6 is 0 Å². The highest BCUT2D eigenvalue weighted by molar-refractivity contribution is 6.59. The Bertz CT molecular complexity index is 2200. The average molecular weight is 688 g/mol. The normalized spacial score (nSPS) is 11.8. The number of hydrogen-bond acceptors (Lipinski definition) is 6. The van der Waals surface area contributed by atoms with E-state index in [1.165, 1.54) is 43.4 Å². The molecule has 0 aliphatic heterocycles. The lowest BCUT2D eigenvalue weighted by Crippen LogP contribution is -2.36. The smallest absolute Gasteiger partial charge is 0.423 e. The average Bonchev–Trinajstić information content (AvgIpc) is 3.16. The van der Waals surface area contributed by atoms with Gasteiger partial charge in [-0.25, -0.2) is 0 Å². The Morgan fingerprint density at radius 3 is 1.73 bits per heavy atom. The second-order valence-electron chi connectivity index (χ2n) is 14.1. The highest BCUT2D eigenvalue weighted by Gasteiger charge is 2.19. The van der Waals surface area contributed by atoms with E-state index in [1.807, 2.05) is 42.5 Å². The van der Waals surface area contributed by atoms with Crippen LogP contribution in [0.15, 0.2) is 133 Å². The van der Waals surface area contributed by atoms with Crippen LogP contribution in [-0.4, -0.2) is 57.2 Å². The zero-order valence-corrected chi connectivity index (χ0v) is 29.6. The topological polar surface area (TPSA) is 87.4 Å². The van der Waals surface area contributed by atoms with Crippen molar-refractivity contribution in [2.45, 2.75) is 51.9 Å². The van der Waals surface area contributed by atoms with E-state index >= 15 is 0 Å². The molecule has 6 nitrogen and oxygen atoms in total. The van der Waals surface area contributed by atoms with Gasteiger partial charge < -0.3 is 20.1 Å². The van der Waals surface area contributed by atoms with Gasteiger partial charge in [0.05, 0.1) is 0 Å². The van der Waals surface area contributed by atoms with Crippen LogP contribution in [0.2, 0.25) is 0 Å². The summed E-state index contributed by atoms with van der Waals surface area (Å²) in [5.74, 6) is 0. The lowest BCUT2D eigenvalue weighted by Gasteiger charge is -2.25. The lowest BCUT2D eigenvalue weighted by molar-refractivity contribution is 0.240. The minimum absolute atomic E-state index is 0.514. The zero-order chi connectivity index (χ0) is 35.9. The molecule has 7 rings (SSSR count). The van der Waals surface area contributed by atoms with E-state index < -0.39 is 14.2 Å². The number of benzene rings is 7. The van der Waals surface area contributed by atoms with Gasteiger partial charge in [-0.1, -0.05) is 146 Å². The van der Waals surface area contributed by atoms with Crippen LogP contribution < -0.4 is 10.9 Å². The van der Waals surface area contributed by atoms with Gasteiger partial charge in [0.15, 0.2) is 0 Å². The van der Waals surface area contributed by atoms with Crippen molar-refractivity contribution >= 4 is 57.5 Å². The van der Waals surface area contributed by atoms with Crippen molar-refractivity contribution < 1.29 is 20.1 Å². The van der Waals surface area contributed by atoms with Crippen LogP contribution in [0.4, 0.5) is 0 Å². The first-order chi connectivity index (χ1) is 25.4. The second-order valence-corrected chi connectivity index (χ2v) is 14.1. The predicted octanol–water partition coefficient (Wildman–Crippen LogP) is 6.21. The molecule has 0 radical (unpaired) electrons. The molecule has 52 heavy (non-hydrogen) atoms. The molecule has 0 unspecified atom stereocenters. The maximum Gasteiger partial charge on any atom is 0.488 e. The van der Waals surface area contributed by atoms with E-state index in [-0.39, 0.29) is 0 Å². The van der Waals surface area contributed by atoms with Crippen molar-refractivity contribution in [3.63, 3.8) is 0 Å². The van der Waals surface area contributed by atoms with Crippen LogP contribution in [0.3, 0.4) is 0 Å². The molecular formula is C44H46B2N2O4. The standard InChI is InChI=1S/C44H46B2N2O4/c49-45(50)40-18-10-14-34(28-40)30-47(29-33-12-4-3-5-13-33)26-8-1-2-9-27-48(32-39-15-6-7-19-42(39)46(51)52)31-38-23-22-37-21-20-35-16-11-17-36-24-25-41(38)44(37)43(35)36/h3-7,10-25,28,49-52H,1-2,8-9,26-27,29-32H2. The highest BCUT2D eigenvalue weighted by Crippen LogP contribution is 2.36. The maximum atomic E-state index is 10.2. The zero-order valence-electron chi connectivity index (χ0n) is 29.6. The maximum absolute atomic E-state index is 10.2. The van der Waals surface area contributed by atoms with E-state index in [2.05, 4.69) is 88.7 Å². The first-order valence-corrected chi connectivity index (χ1v) is 18.5.